The summed E-state index contributed by atoms with van der Waals surface area (Å²) in [5, 5.41) is 3.90. The Hall–Kier alpha value is -2.30. The Morgan fingerprint density at radius 1 is 1.33 bits per heavy atom. The summed E-state index contributed by atoms with van der Waals surface area (Å²) in [6.07, 6.45) is 0. The number of carbonyl (C=O) groups is 1. The smallest absolute Gasteiger partial charge is 0.291 e. The molecule has 0 unspecified atom stereocenters. The molecule has 0 saturated carbocycles. The van der Waals surface area contributed by atoms with Crippen LogP contribution in [-0.2, 0) is 0 Å². The third kappa shape index (κ3) is 2.20. The van der Waals surface area contributed by atoms with E-state index in [1.54, 1.807) is 27.3 Å². The van der Waals surface area contributed by atoms with Crippen LogP contribution in [0.5, 0.6) is 5.75 Å². The zero-order valence-corrected chi connectivity index (χ0v) is 10.5. The molecule has 2 rings (SSSR count). The minimum Gasteiger partial charge on any atom is -0.496 e. The van der Waals surface area contributed by atoms with Crippen molar-refractivity contribution in [1.82, 2.24) is 10.1 Å². The second-order valence-corrected chi connectivity index (χ2v) is 3.98. The Bertz CT molecular complexity index is 561. The van der Waals surface area contributed by atoms with Gasteiger partial charge in [-0.15, -0.1) is 0 Å². The van der Waals surface area contributed by atoms with E-state index in [9.17, 15) is 4.79 Å². The largest absolute Gasteiger partial charge is 0.496 e. The molecule has 1 aromatic carbocycles. The molecule has 0 saturated heterocycles. The molecule has 5 heteroatoms. The minimum atomic E-state index is -0.219. The van der Waals surface area contributed by atoms with Gasteiger partial charge >= 0.3 is 0 Å². The second kappa shape index (κ2) is 4.91. The molecular weight excluding hydrogens is 232 g/mol. The average molecular weight is 246 g/mol. The fourth-order valence-corrected chi connectivity index (χ4v) is 1.58. The van der Waals surface area contributed by atoms with Gasteiger partial charge in [-0.1, -0.05) is 17.3 Å². The number of rotatable bonds is 3. The molecule has 94 valence electrons. The monoisotopic (exact) mass is 246 g/mol. The van der Waals surface area contributed by atoms with Crippen LogP contribution in [0.25, 0.3) is 11.3 Å². The lowest BCUT2D eigenvalue weighted by atomic mass is 10.1. The van der Waals surface area contributed by atoms with Gasteiger partial charge in [0.25, 0.3) is 5.91 Å². The van der Waals surface area contributed by atoms with Crippen LogP contribution in [0.4, 0.5) is 0 Å². The van der Waals surface area contributed by atoms with E-state index in [-0.39, 0.29) is 11.7 Å². The number of amides is 1. The summed E-state index contributed by atoms with van der Waals surface area (Å²) in [5.74, 6) is 0.680. The molecule has 0 aliphatic carbocycles. The number of aromatic nitrogens is 1. The van der Waals surface area contributed by atoms with Crippen molar-refractivity contribution in [1.29, 1.82) is 0 Å². The summed E-state index contributed by atoms with van der Waals surface area (Å²) in [6, 6.07) is 9.05. The Labute approximate surface area is 105 Å². The van der Waals surface area contributed by atoms with Crippen LogP contribution in [0.3, 0.4) is 0 Å². The van der Waals surface area contributed by atoms with Gasteiger partial charge < -0.3 is 14.2 Å². The fraction of sp³-hybridized carbons (Fsp3) is 0.231. The van der Waals surface area contributed by atoms with Crippen LogP contribution in [0.2, 0.25) is 0 Å². The summed E-state index contributed by atoms with van der Waals surface area (Å²) >= 11 is 0. The number of methoxy groups -OCH3 is 1. The molecule has 5 nitrogen and oxygen atoms in total. The predicted molar refractivity (Wildman–Crippen MR) is 66.5 cm³/mol. The molecule has 0 bridgehead atoms. The van der Waals surface area contributed by atoms with Gasteiger partial charge in [-0.25, -0.2) is 0 Å². The molecule has 0 aliphatic heterocycles. The third-order valence-corrected chi connectivity index (χ3v) is 2.51. The number of hydrogen-bond acceptors (Lipinski definition) is 4. The molecule has 1 heterocycles. The highest BCUT2D eigenvalue weighted by Crippen LogP contribution is 2.29. The highest BCUT2D eigenvalue weighted by molar-refractivity contribution is 5.92. The first-order valence-electron chi connectivity index (χ1n) is 5.45. The van der Waals surface area contributed by atoms with Crippen molar-refractivity contribution in [3.8, 4) is 17.0 Å². The van der Waals surface area contributed by atoms with E-state index in [1.165, 1.54) is 4.90 Å². The van der Waals surface area contributed by atoms with Crippen LogP contribution >= 0.6 is 0 Å². The van der Waals surface area contributed by atoms with E-state index in [1.807, 2.05) is 24.3 Å². The molecule has 18 heavy (non-hydrogen) atoms. The first kappa shape index (κ1) is 12.2. The van der Waals surface area contributed by atoms with Crippen molar-refractivity contribution >= 4 is 5.91 Å². The molecule has 0 N–H and O–H groups in total. The van der Waals surface area contributed by atoms with E-state index < -0.39 is 0 Å². The molecule has 0 radical (unpaired) electrons. The first-order chi connectivity index (χ1) is 8.63. The Balaban J connectivity index is 2.38. The van der Waals surface area contributed by atoms with Gasteiger partial charge in [0.2, 0.25) is 5.76 Å². The van der Waals surface area contributed by atoms with Gasteiger partial charge in [0, 0.05) is 25.7 Å². The summed E-state index contributed by atoms with van der Waals surface area (Å²) in [6.45, 7) is 0. The highest BCUT2D eigenvalue weighted by Gasteiger charge is 2.17. The van der Waals surface area contributed by atoms with E-state index in [4.69, 9.17) is 9.26 Å². The molecule has 2 aromatic rings. The number of benzene rings is 1. The van der Waals surface area contributed by atoms with Gasteiger partial charge in [0.1, 0.15) is 11.4 Å². The maximum absolute atomic E-state index is 11.7. The Morgan fingerprint density at radius 2 is 2.06 bits per heavy atom. The highest BCUT2D eigenvalue weighted by atomic mass is 16.5. The van der Waals surface area contributed by atoms with E-state index in [0.717, 1.165) is 5.56 Å². The van der Waals surface area contributed by atoms with Crippen LogP contribution < -0.4 is 4.74 Å². The lowest BCUT2D eigenvalue weighted by Crippen LogP contribution is -2.20. The molecule has 0 fully saturated rings. The molecule has 0 aliphatic rings. The third-order valence-electron chi connectivity index (χ3n) is 2.51. The standard InChI is InChI=1S/C13H14N2O3/c1-15(2)13(16)12-8-10(14-18-12)9-6-4-5-7-11(9)17-3/h4-8H,1-3H3. The zero-order valence-electron chi connectivity index (χ0n) is 10.5. The van der Waals surface area contributed by atoms with Crippen molar-refractivity contribution in [2.24, 2.45) is 0 Å². The van der Waals surface area contributed by atoms with Crippen molar-refractivity contribution < 1.29 is 14.1 Å². The fourth-order valence-electron chi connectivity index (χ4n) is 1.58. The maximum atomic E-state index is 11.7. The van der Waals surface area contributed by atoms with Gasteiger partial charge in [-0.3, -0.25) is 4.79 Å². The van der Waals surface area contributed by atoms with Gasteiger partial charge in [-0.2, -0.15) is 0 Å². The Morgan fingerprint density at radius 3 is 2.72 bits per heavy atom. The first-order valence-corrected chi connectivity index (χ1v) is 5.45. The summed E-state index contributed by atoms with van der Waals surface area (Å²) in [5.41, 5.74) is 1.37. The molecule has 1 aromatic heterocycles. The van der Waals surface area contributed by atoms with Crippen LogP contribution in [-0.4, -0.2) is 37.2 Å². The SMILES string of the molecule is COc1ccccc1-c1cc(C(=O)N(C)C)on1. The van der Waals surface area contributed by atoms with Crippen LogP contribution in [0, 0.1) is 0 Å². The molecule has 1 amide bonds. The molecule has 0 spiro atoms. The van der Waals surface area contributed by atoms with Gasteiger partial charge in [-0.05, 0) is 12.1 Å². The van der Waals surface area contributed by atoms with Crippen molar-refractivity contribution in [2.45, 2.75) is 0 Å². The van der Waals surface area contributed by atoms with E-state index in [2.05, 4.69) is 5.16 Å². The quantitative estimate of drug-likeness (QED) is 0.831. The molecular formula is C13H14N2O3. The minimum absolute atomic E-state index is 0.209. The number of hydrogen-bond donors (Lipinski definition) is 0. The van der Waals surface area contributed by atoms with Gasteiger partial charge in [0.05, 0.1) is 7.11 Å². The number of carbonyl (C=O) groups excluding carboxylic acids is 1. The summed E-state index contributed by atoms with van der Waals surface area (Å²) < 4.78 is 10.3. The normalized spacial score (nSPS) is 10.2. The summed E-state index contributed by atoms with van der Waals surface area (Å²) in [4.78, 5) is 13.1. The lowest BCUT2D eigenvalue weighted by molar-refractivity contribution is 0.0787. The maximum Gasteiger partial charge on any atom is 0.291 e. The zero-order chi connectivity index (χ0) is 13.1. The van der Waals surface area contributed by atoms with E-state index >= 15 is 0 Å². The topological polar surface area (TPSA) is 55.6 Å². The molecule has 0 atom stereocenters. The lowest BCUT2D eigenvalue weighted by Gasteiger charge is -2.05. The number of ether oxygens (including phenoxy) is 1. The number of nitrogens with zero attached hydrogens (tertiary/aromatic N) is 2. The van der Waals surface area contributed by atoms with Crippen molar-refractivity contribution in [3.63, 3.8) is 0 Å². The Kier molecular flexibility index (Phi) is 3.32. The van der Waals surface area contributed by atoms with Crippen molar-refractivity contribution in [2.75, 3.05) is 21.2 Å². The average Bonchev–Trinajstić information content (AvgIpc) is 2.87. The number of para-hydroxylation sites is 1. The van der Waals surface area contributed by atoms with Crippen LogP contribution in [0.15, 0.2) is 34.9 Å². The second-order valence-electron chi connectivity index (χ2n) is 3.98. The van der Waals surface area contributed by atoms with Crippen molar-refractivity contribution in [3.05, 3.63) is 36.1 Å². The summed E-state index contributed by atoms with van der Waals surface area (Å²) in [7, 11) is 4.91. The van der Waals surface area contributed by atoms with Crippen LogP contribution in [0.1, 0.15) is 10.6 Å². The van der Waals surface area contributed by atoms with E-state index in [0.29, 0.717) is 11.4 Å². The predicted octanol–water partition coefficient (Wildman–Crippen LogP) is 2.05. The van der Waals surface area contributed by atoms with Gasteiger partial charge in [0.15, 0.2) is 0 Å².